The van der Waals surface area contributed by atoms with Gasteiger partial charge in [-0.15, -0.1) is 0 Å². The highest BCUT2D eigenvalue weighted by molar-refractivity contribution is 9.14. The van der Waals surface area contributed by atoms with Crippen LogP contribution in [0.3, 0.4) is 0 Å². The van der Waals surface area contributed by atoms with Crippen molar-refractivity contribution in [1.29, 1.82) is 0 Å². The van der Waals surface area contributed by atoms with Crippen molar-refractivity contribution in [3.05, 3.63) is 8.96 Å². The van der Waals surface area contributed by atoms with Gasteiger partial charge < -0.3 is 0 Å². The van der Waals surface area contributed by atoms with E-state index >= 15 is 0 Å². The van der Waals surface area contributed by atoms with Gasteiger partial charge in [-0.25, -0.2) is 0 Å². The Morgan fingerprint density at radius 1 is 0.833 bits per heavy atom. The molecule has 1 heterocycles. The lowest BCUT2D eigenvalue weighted by Gasteiger charge is -2.13. The van der Waals surface area contributed by atoms with Gasteiger partial charge in [0.1, 0.15) is 14.7 Å². The molecular weight excluding hydrogens is 438 g/mol. The third kappa shape index (κ3) is 6.79. The molecule has 0 spiro atoms. The average molecular weight is 465 g/mol. The van der Waals surface area contributed by atoms with Gasteiger partial charge in [-0.1, -0.05) is 52.4 Å². The van der Waals surface area contributed by atoms with E-state index < -0.39 is 0 Å². The highest BCUT2D eigenvalue weighted by Crippen LogP contribution is 2.29. The van der Waals surface area contributed by atoms with Gasteiger partial charge in [-0.2, -0.15) is 0 Å². The first-order chi connectivity index (χ1) is 11.4. The van der Waals surface area contributed by atoms with Crippen molar-refractivity contribution in [2.45, 2.75) is 71.6 Å². The van der Waals surface area contributed by atoms with Crippen LogP contribution >= 0.6 is 31.9 Å². The van der Waals surface area contributed by atoms with Crippen molar-refractivity contribution in [2.24, 2.45) is 5.92 Å². The number of nitrogens with zero attached hydrogens (tertiary/aromatic N) is 1. The van der Waals surface area contributed by atoms with Crippen LogP contribution in [-0.4, -0.2) is 29.0 Å². The second-order valence-electron chi connectivity index (χ2n) is 6.59. The quantitative estimate of drug-likeness (QED) is 0.298. The summed E-state index contributed by atoms with van der Waals surface area (Å²) in [5, 5.41) is 0. The number of carbonyl (C=O) groups excluding carboxylic acids is 3. The zero-order valence-electron chi connectivity index (χ0n) is 14.6. The normalized spacial score (nSPS) is 15.1. The predicted octanol–water partition coefficient (Wildman–Crippen LogP) is 5.09. The van der Waals surface area contributed by atoms with Crippen LogP contribution in [-0.2, 0) is 14.4 Å². The summed E-state index contributed by atoms with van der Waals surface area (Å²) < 4.78 is 0.645. The molecule has 2 amide bonds. The van der Waals surface area contributed by atoms with Crippen molar-refractivity contribution in [2.75, 3.05) is 6.54 Å². The number of imide groups is 1. The molecule has 0 aromatic carbocycles. The summed E-state index contributed by atoms with van der Waals surface area (Å²) in [5.41, 5.74) is 0. The number of ketones is 1. The summed E-state index contributed by atoms with van der Waals surface area (Å²) in [6.07, 6.45) is 9.39. The number of rotatable bonds is 12. The Morgan fingerprint density at radius 2 is 1.25 bits per heavy atom. The largest absolute Gasteiger partial charge is 0.299 e. The van der Waals surface area contributed by atoms with E-state index in [-0.39, 0.29) is 17.7 Å². The number of carbonyl (C=O) groups is 3. The third-order valence-corrected chi connectivity index (χ3v) is 6.26. The van der Waals surface area contributed by atoms with Gasteiger partial charge in [0.15, 0.2) is 0 Å². The molecule has 0 aromatic heterocycles. The molecule has 136 valence electrons. The average Bonchev–Trinajstić information content (AvgIpc) is 2.73. The van der Waals surface area contributed by atoms with Crippen LogP contribution in [0.4, 0.5) is 0 Å². The molecule has 6 heteroatoms. The van der Waals surface area contributed by atoms with Gasteiger partial charge in [0.2, 0.25) is 0 Å². The van der Waals surface area contributed by atoms with Crippen molar-refractivity contribution >= 4 is 49.5 Å². The van der Waals surface area contributed by atoms with Crippen LogP contribution in [0.15, 0.2) is 8.96 Å². The number of hydrogen-bond acceptors (Lipinski definition) is 3. The first-order valence-electron chi connectivity index (χ1n) is 8.80. The molecule has 24 heavy (non-hydrogen) atoms. The van der Waals surface area contributed by atoms with E-state index in [1.165, 1.54) is 24.2 Å². The predicted molar refractivity (Wildman–Crippen MR) is 103 cm³/mol. The molecule has 0 bridgehead atoms. The first kappa shape index (κ1) is 21.6. The highest BCUT2D eigenvalue weighted by atomic mass is 79.9. The fourth-order valence-electron chi connectivity index (χ4n) is 2.64. The molecule has 0 unspecified atom stereocenters. The van der Waals surface area contributed by atoms with Crippen LogP contribution in [0.2, 0.25) is 0 Å². The van der Waals surface area contributed by atoms with Crippen LogP contribution in [0.25, 0.3) is 0 Å². The Labute approximate surface area is 161 Å². The Kier molecular flexibility index (Phi) is 10.0. The monoisotopic (exact) mass is 463 g/mol. The van der Waals surface area contributed by atoms with E-state index in [0.29, 0.717) is 27.7 Å². The van der Waals surface area contributed by atoms with Crippen LogP contribution in [0.5, 0.6) is 0 Å². The number of unbranched alkanes of at least 4 members (excludes halogenated alkanes) is 7. The summed E-state index contributed by atoms with van der Waals surface area (Å²) in [6, 6.07) is 0. The number of halogens is 2. The molecule has 1 aliphatic rings. The second kappa shape index (κ2) is 11.2. The van der Waals surface area contributed by atoms with Crippen molar-refractivity contribution < 1.29 is 14.4 Å². The van der Waals surface area contributed by atoms with Crippen LogP contribution in [0.1, 0.15) is 71.6 Å². The number of Topliss-reactive ketones (excluding diaryl/α,β-unsaturated/α-hetero) is 1. The Hall–Kier alpha value is -0.490. The van der Waals surface area contributed by atoms with Crippen LogP contribution in [0, 0.1) is 5.92 Å². The number of amides is 2. The first-order valence-corrected chi connectivity index (χ1v) is 10.4. The van der Waals surface area contributed by atoms with E-state index in [4.69, 9.17) is 0 Å². The lowest BCUT2D eigenvalue weighted by Crippen LogP contribution is -2.32. The fraction of sp³-hybridized carbons (Fsp3) is 0.722. The molecular formula is C18H27Br2NO3. The van der Waals surface area contributed by atoms with Gasteiger partial charge in [0.05, 0.1) is 0 Å². The van der Waals surface area contributed by atoms with Gasteiger partial charge in [-0.05, 0) is 44.7 Å². The molecule has 1 rings (SSSR count). The molecule has 0 N–H and O–H groups in total. The topological polar surface area (TPSA) is 54.5 Å². The second-order valence-corrected chi connectivity index (χ2v) is 8.18. The Balaban J connectivity index is 1.98. The van der Waals surface area contributed by atoms with E-state index in [1.807, 2.05) is 13.8 Å². The van der Waals surface area contributed by atoms with Gasteiger partial charge in [0.25, 0.3) is 11.8 Å². The molecule has 0 aliphatic carbocycles. The summed E-state index contributed by atoms with van der Waals surface area (Å²) in [7, 11) is 0. The molecule has 4 nitrogen and oxygen atoms in total. The standard InChI is InChI=1S/C18H27Br2NO3/c1-13(2)14(22)11-9-7-5-3-4-6-8-10-12-21-17(23)15(19)16(20)18(21)24/h13H,3-12H2,1-2H3. The Morgan fingerprint density at radius 3 is 1.71 bits per heavy atom. The summed E-state index contributed by atoms with van der Waals surface area (Å²) in [6.45, 7) is 4.40. The smallest absolute Gasteiger partial charge is 0.269 e. The van der Waals surface area contributed by atoms with Gasteiger partial charge in [0, 0.05) is 18.9 Å². The molecule has 0 atom stereocenters. The number of hydrogen-bond donors (Lipinski definition) is 0. The van der Waals surface area contributed by atoms with E-state index in [0.717, 1.165) is 32.1 Å². The van der Waals surface area contributed by atoms with Gasteiger partial charge >= 0.3 is 0 Å². The van der Waals surface area contributed by atoms with Crippen molar-refractivity contribution in [3.8, 4) is 0 Å². The fourth-order valence-corrected chi connectivity index (χ4v) is 3.41. The minimum atomic E-state index is -0.247. The molecule has 0 radical (unpaired) electrons. The maximum Gasteiger partial charge on any atom is 0.269 e. The van der Waals surface area contributed by atoms with Crippen molar-refractivity contribution in [3.63, 3.8) is 0 Å². The summed E-state index contributed by atoms with van der Waals surface area (Å²) >= 11 is 6.26. The highest BCUT2D eigenvalue weighted by Gasteiger charge is 2.35. The van der Waals surface area contributed by atoms with E-state index in [2.05, 4.69) is 31.9 Å². The summed E-state index contributed by atoms with van der Waals surface area (Å²) in [4.78, 5) is 36.4. The maximum atomic E-state index is 11.8. The molecule has 0 saturated heterocycles. The van der Waals surface area contributed by atoms with E-state index in [1.54, 1.807) is 0 Å². The van der Waals surface area contributed by atoms with Crippen molar-refractivity contribution in [1.82, 2.24) is 4.90 Å². The zero-order valence-corrected chi connectivity index (χ0v) is 17.7. The minimum absolute atomic E-state index is 0.163. The minimum Gasteiger partial charge on any atom is -0.299 e. The molecule has 1 aliphatic heterocycles. The van der Waals surface area contributed by atoms with Crippen LogP contribution < -0.4 is 0 Å². The lowest BCUT2D eigenvalue weighted by atomic mass is 10.0. The third-order valence-electron chi connectivity index (χ3n) is 4.26. The SMILES string of the molecule is CC(C)C(=O)CCCCCCCCCCN1C(=O)C(Br)=C(Br)C1=O. The lowest BCUT2D eigenvalue weighted by molar-refractivity contribution is -0.137. The van der Waals surface area contributed by atoms with E-state index in [9.17, 15) is 14.4 Å². The Bertz CT molecular complexity index is 476. The zero-order chi connectivity index (χ0) is 18.1. The molecule has 0 aromatic rings. The molecule has 0 saturated carbocycles. The summed E-state index contributed by atoms with van der Waals surface area (Å²) in [5.74, 6) is 0.0372. The van der Waals surface area contributed by atoms with Gasteiger partial charge in [-0.3, -0.25) is 19.3 Å². The maximum absolute atomic E-state index is 11.8. The molecule has 0 fully saturated rings.